The Morgan fingerprint density at radius 3 is 2.30 bits per heavy atom. The largest absolute Gasteiger partial charge is 0.496 e. The van der Waals surface area contributed by atoms with Crippen molar-refractivity contribution in [3.8, 4) is 5.75 Å². The number of benzene rings is 2. The van der Waals surface area contributed by atoms with Gasteiger partial charge in [0.15, 0.2) is 0 Å². The molecule has 2 rings (SSSR count). The Balaban J connectivity index is 2.08. The Bertz CT molecular complexity index is 1030. The summed E-state index contributed by atoms with van der Waals surface area (Å²) < 4.78 is 31.8. The number of nitrogens with one attached hydrogen (secondary N) is 1. The fraction of sp³-hybridized carbons (Fsp3) is 0.300. The van der Waals surface area contributed by atoms with Crippen molar-refractivity contribution in [2.75, 3.05) is 33.1 Å². The number of carbonyl (C=O) groups excluding carboxylic acids is 2. The van der Waals surface area contributed by atoms with Crippen LogP contribution in [0.3, 0.4) is 0 Å². The van der Waals surface area contributed by atoms with Crippen LogP contribution in [0.15, 0.2) is 47.4 Å². The molecule has 0 heterocycles. The molecule has 30 heavy (non-hydrogen) atoms. The zero-order chi connectivity index (χ0) is 22.5. The maximum Gasteiger partial charge on any atom is 0.243 e. The summed E-state index contributed by atoms with van der Waals surface area (Å²) >= 11 is 6.02. The van der Waals surface area contributed by atoms with Crippen LogP contribution in [0.5, 0.6) is 5.75 Å². The van der Waals surface area contributed by atoms with E-state index in [0.29, 0.717) is 22.0 Å². The van der Waals surface area contributed by atoms with Crippen molar-refractivity contribution in [3.63, 3.8) is 0 Å². The van der Waals surface area contributed by atoms with Gasteiger partial charge in [-0.2, -0.15) is 4.31 Å². The number of sulfonamides is 1. The predicted molar refractivity (Wildman–Crippen MR) is 115 cm³/mol. The minimum absolute atomic E-state index is 0.0195. The summed E-state index contributed by atoms with van der Waals surface area (Å²) in [5, 5.41) is 3.08. The number of hydrogen-bond donors (Lipinski definition) is 1. The average molecular weight is 454 g/mol. The number of likely N-dealkylation sites (N-methyl/N-ethyl adjacent to an activating group) is 2. The van der Waals surface area contributed by atoms with E-state index in [9.17, 15) is 18.0 Å². The second kappa shape index (κ2) is 9.92. The molecule has 0 fully saturated rings. The Kier molecular flexibility index (Phi) is 7.83. The quantitative estimate of drug-likeness (QED) is 0.662. The zero-order valence-electron chi connectivity index (χ0n) is 17.2. The molecule has 2 aromatic rings. The lowest BCUT2D eigenvalue weighted by Gasteiger charge is -2.23. The first kappa shape index (κ1) is 23.7. The fourth-order valence-electron chi connectivity index (χ4n) is 2.70. The lowest BCUT2D eigenvalue weighted by Crippen LogP contribution is -2.39. The van der Waals surface area contributed by atoms with Gasteiger partial charge in [0.25, 0.3) is 0 Å². The number of nitrogens with zero attached hydrogens (tertiary/aromatic N) is 2. The van der Waals surface area contributed by atoms with Gasteiger partial charge in [-0.1, -0.05) is 11.6 Å². The minimum Gasteiger partial charge on any atom is -0.496 e. The number of carbonyl (C=O) groups is 2. The third-order valence-electron chi connectivity index (χ3n) is 4.32. The van der Waals surface area contributed by atoms with Crippen LogP contribution in [0.25, 0.3) is 0 Å². The van der Waals surface area contributed by atoms with Gasteiger partial charge in [-0.3, -0.25) is 9.59 Å². The Morgan fingerprint density at radius 1 is 1.10 bits per heavy atom. The van der Waals surface area contributed by atoms with E-state index in [4.69, 9.17) is 16.3 Å². The van der Waals surface area contributed by atoms with Gasteiger partial charge in [0, 0.05) is 43.8 Å². The lowest BCUT2D eigenvalue weighted by molar-refractivity contribution is -0.130. The summed E-state index contributed by atoms with van der Waals surface area (Å²) in [6.45, 7) is 1.23. The first-order valence-corrected chi connectivity index (χ1v) is 10.8. The van der Waals surface area contributed by atoms with Crippen LogP contribution in [0.2, 0.25) is 5.02 Å². The number of amides is 2. The van der Waals surface area contributed by atoms with Crippen LogP contribution in [0, 0.1) is 0 Å². The smallest absolute Gasteiger partial charge is 0.243 e. The van der Waals surface area contributed by atoms with Gasteiger partial charge in [-0.15, -0.1) is 0 Å². The summed E-state index contributed by atoms with van der Waals surface area (Å²) in [4.78, 5) is 25.1. The van der Waals surface area contributed by atoms with Crippen LogP contribution in [-0.4, -0.2) is 57.2 Å². The van der Waals surface area contributed by atoms with E-state index in [-0.39, 0.29) is 23.9 Å². The molecular formula is C20H24ClN3O5S. The summed E-state index contributed by atoms with van der Waals surface area (Å²) in [7, 11) is 0.553. The highest BCUT2D eigenvalue weighted by atomic mass is 35.5. The maximum atomic E-state index is 12.8. The summed E-state index contributed by atoms with van der Waals surface area (Å²) in [5.74, 6) is -0.0649. The molecule has 2 aromatic carbocycles. The maximum absolute atomic E-state index is 12.8. The number of anilines is 1. The van der Waals surface area contributed by atoms with E-state index in [0.717, 1.165) is 4.31 Å². The van der Waals surface area contributed by atoms with Crippen molar-refractivity contribution in [1.29, 1.82) is 0 Å². The van der Waals surface area contributed by atoms with Gasteiger partial charge in [-0.25, -0.2) is 8.42 Å². The van der Waals surface area contributed by atoms with Crippen molar-refractivity contribution in [1.82, 2.24) is 9.21 Å². The van der Waals surface area contributed by atoms with E-state index in [1.54, 1.807) is 25.2 Å². The molecule has 0 atom stereocenters. The van der Waals surface area contributed by atoms with E-state index < -0.39 is 15.9 Å². The van der Waals surface area contributed by atoms with E-state index >= 15 is 0 Å². The standard InChI is InChI=1S/C20H24ClN3O5S/c1-14(25)22-17-6-8-18(9-7-17)30(27,28)24(3)13-20(26)23(2)12-15-11-16(21)5-10-19(15)29-4/h5-11H,12-13H2,1-4H3,(H,22,25). The Hall–Kier alpha value is -2.62. The molecule has 0 spiro atoms. The third kappa shape index (κ3) is 5.94. The number of rotatable bonds is 8. The van der Waals surface area contributed by atoms with Crippen LogP contribution >= 0.6 is 11.6 Å². The molecule has 0 unspecified atom stereocenters. The normalized spacial score (nSPS) is 11.3. The monoisotopic (exact) mass is 453 g/mol. The van der Waals surface area contributed by atoms with Crippen molar-refractivity contribution in [2.24, 2.45) is 0 Å². The highest BCUT2D eigenvalue weighted by Crippen LogP contribution is 2.24. The highest BCUT2D eigenvalue weighted by Gasteiger charge is 2.24. The molecule has 0 aliphatic rings. The second-order valence-electron chi connectivity index (χ2n) is 6.67. The molecule has 0 aromatic heterocycles. The molecule has 0 aliphatic heterocycles. The molecule has 0 bridgehead atoms. The van der Waals surface area contributed by atoms with E-state index in [1.807, 2.05) is 0 Å². The van der Waals surface area contributed by atoms with Gasteiger partial charge < -0.3 is 15.0 Å². The number of methoxy groups -OCH3 is 1. The van der Waals surface area contributed by atoms with Crippen LogP contribution in [-0.2, 0) is 26.2 Å². The third-order valence-corrected chi connectivity index (χ3v) is 6.37. The highest BCUT2D eigenvalue weighted by molar-refractivity contribution is 7.89. The van der Waals surface area contributed by atoms with Gasteiger partial charge >= 0.3 is 0 Å². The Labute approximate surface area is 181 Å². The lowest BCUT2D eigenvalue weighted by atomic mass is 10.2. The van der Waals surface area contributed by atoms with Crippen LogP contribution < -0.4 is 10.1 Å². The predicted octanol–water partition coefficient (Wildman–Crippen LogP) is 2.59. The second-order valence-corrected chi connectivity index (χ2v) is 9.15. The first-order chi connectivity index (χ1) is 14.0. The molecular weight excluding hydrogens is 430 g/mol. The molecule has 2 amide bonds. The topological polar surface area (TPSA) is 96.0 Å². The Morgan fingerprint density at radius 2 is 1.73 bits per heavy atom. The van der Waals surface area contributed by atoms with Crippen molar-refractivity contribution >= 4 is 39.1 Å². The number of ether oxygens (including phenoxy) is 1. The van der Waals surface area contributed by atoms with Gasteiger partial charge in [-0.05, 0) is 42.5 Å². The molecule has 0 saturated carbocycles. The molecule has 162 valence electrons. The molecule has 0 aliphatic carbocycles. The minimum atomic E-state index is -3.88. The van der Waals surface area contributed by atoms with Crippen LogP contribution in [0.4, 0.5) is 5.69 Å². The SMILES string of the molecule is COc1ccc(Cl)cc1CN(C)C(=O)CN(C)S(=O)(=O)c1ccc(NC(C)=O)cc1. The first-order valence-electron chi connectivity index (χ1n) is 8.95. The summed E-state index contributed by atoms with van der Waals surface area (Å²) in [6, 6.07) is 10.8. The van der Waals surface area contributed by atoms with Crippen molar-refractivity contribution in [3.05, 3.63) is 53.1 Å². The molecule has 0 saturated heterocycles. The zero-order valence-corrected chi connectivity index (χ0v) is 18.7. The molecule has 0 radical (unpaired) electrons. The summed E-state index contributed by atoms with van der Waals surface area (Å²) in [6.07, 6.45) is 0. The fourth-order valence-corrected chi connectivity index (χ4v) is 4.02. The number of halogens is 1. The van der Waals surface area contributed by atoms with Crippen molar-refractivity contribution < 1.29 is 22.7 Å². The number of hydrogen-bond acceptors (Lipinski definition) is 5. The molecule has 8 nitrogen and oxygen atoms in total. The molecule has 10 heteroatoms. The summed E-state index contributed by atoms with van der Waals surface area (Å²) in [5.41, 5.74) is 1.19. The van der Waals surface area contributed by atoms with E-state index in [2.05, 4.69) is 5.32 Å². The van der Waals surface area contributed by atoms with Crippen molar-refractivity contribution in [2.45, 2.75) is 18.4 Å². The van der Waals surface area contributed by atoms with Gasteiger partial charge in [0.05, 0.1) is 18.6 Å². The van der Waals surface area contributed by atoms with Gasteiger partial charge in [0.1, 0.15) is 5.75 Å². The molecule has 1 N–H and O–H groups in total. The van der Waals surface area contributed by atoms with E-state index in [1.165, 1.54) is 50.2 Å². The van der Waals surface area contributed by atoms with Crippen LogP contribution in [0.1, 0.15) is 12.5 Å². The van der Waals surface area contributed by atoms with Gasteiger partial charge in [0.2, 0.25) is 21.8 Å². The average Bonchev–Trinajstić information content (AvgIpc) is 2.68.